The molecule has 3 nitrogen and oxygen atoms in total. The number of nitrogens with two attached hydrogens (primary N) is 1. The van der Waals surface area contributed by atoms with Crippen LogP contribution in [0.4, 0.5) is 0 Å². The van der Waals surface area contributed by atoms with Gasteiger partial charge in [-0.15, -0.1) is 0 Å². The molecular weight excluding hydrogens is 202 g/mol. The molecule has 0 saturated heterocycles. The number of thioether (sulfide) groups is 1. The first-order valence-electron chi connectivity index (χ1n) is 4.14. The van der Waals surface area contributed by atoms with Gasteiger partial charge in [0, 0.05) is 24.7 Å². The van der Waals surface area contributed by atoms with Crippen molar-refractivity contribution in [2.45, 2.75) is 13.5 Å². The topological polar surface area (TPSA) is 43.8 Å². The number of thiocarbonyl (C=S) groups is 1. The zero-order valence-corrected chi connectivity index (χ0v) is 9.20. The van der Waals surface area contributed by atoms with Crippen LogP contribution in [0.5, 0.6) is 0 Å². The first kappa shape index (κ1) is 10.5. The molecule has 0 amide bonds. The normalized spacial score (nSPS) is 10.2. The Bertz CT molecular complexity index is 283. The summed E-state index contributed by atoms with van der Waals surface area (Å²) in [6, 6.07) is 0. The summed E-state index contributed by atoms with van der Waals surface area (Å²) in [5.41, 5.74) is 5.50. The van der Waals surface area contributed by atoms with Crippen LogP contribution in [0.3, 0.4) is 0 Å². The van der Waals surface area contributed by atoms with Crippen molar-refractivity contribution in [3.63, 3.8) is 0 Å². The third-order valence-corrected chi connectivity index (χ3v) is 2.68. The number of imidazole rings is 1. The van der Waals surface area contributed by atoms with Crippen LogP contribution in [-0.4, -0.2) is 26.0 Å². The molecule has 0 aliphatic carbocycles. The standard InChI is InChI=1S/C8H13N3S2/c1-2-13-6-5-11-4-3-10-8(11)7(9)12/h3-4H,2,5-6H2,1H3,(H2,9,12). The number of aromatic nitrogens is 2. The molecule has 1 heterocycles. The van der Waals surface area contributed by atoms with E-state index in [1.54, 1.807) is 6.20 Å². The highest BCUT2D eigenvalue weighted by Crippen LogP contribution is 2.03. The minimum Gasteiger partial charge on any atom is -0.387 e. The molecule has 0 spiro atoms. The molecule has 0 radical (unpaired) electrons. The lowest BCUT2D eigenvalue weighted by Gasteiger charge is -2.04. The lowest BCUT2D eigenvalue weighted by atomic mass is 10.5. The SMILES string of the molecule is CCSCCn1ccnc1C(N)=S. The van der Waals surface area contributed by atoms with Gasteiger partial charge in [0.15, 0.2) is 5.82 Å². The quantitative estimate of drug-likeness (QED) is 0.593. The second kappa shape index (κ2) is 5.24. The zero-order chi connectivity index (χ0) is 9.68. The Morgan fingerprint density at radius 2 is 2.54 bits per heavy atom. The van der Waals surface area contributed by atoms with E-state index < -0.39 is 0 Å². The lowest BCUT2D eigenvalue weighted by Crippen LogP contribution is -2.17. The van der Waals surface area contributed by atoms with Crippen LogP contribution in [0.25, 0.3) is 0 Å². The van der Waals surface area contributed by atoms with Gasteiger partial charge >= 0.3 is 0 Å². The fraction of sp³-hybridized carbons (Fsp3) is 0.500. The molecule has 0 atom stereocenters. The van der Waals surface area contributed by atoms with Crippen molar-refractivity contribution < 1.29 is 0 Å². The van der Waals surface area contributed by atoms with Crippen LogP contribution in [0.15, 0.2) is 12.4 Å². The van der Waals surface area contributed by atoms with E-state index in [2.05, 4.69) is 11.9 Å². The number of hydrogen-bond donors (Lipinski definition) is 1. The fourth-order valence-corrected chi connectivity index (χ4v) is 1.81. The number of hydrogen-bond acceptors (Lipinski definition) is 3. The summed E-state index contributed by atoms with van der Waals surface area (Å²) < 4.78 is 1.99. The van der Waals surface area contributed by atoms with Crippen LogP contribution in [0.2, 0.25) is 0 Å². The molecule has 72 valence electrons. The Hall–Kier alpha value is -0.550. The lowest BCUT2D eigenvalue weighted by molar-refractivity contribution is 0.762. The number of aryl methyl sites for hydroxylation is 1. The van der Waals surface area contributed by atoms with Crippen LogP contribution < -0.4 is 5.73 Å². The fourth-order valence-electron chi connectivity index (χ4n) is 1.02. The Kier molecular flexibility index (Phi) is 4.24. The predicted octanol–water partition coefficient (Wildman–Crippen LogP) is 1.27. The zero-order valence-electron chi connectivity index (χ0n) is 7.56. The maximum atomic E-state index is 5.50. The molecule has 0 aliphatic heterocycles. The van der Waals surface area contributed by atoms with Gasteiger partial charge in [0.25, 0.3) is 0 Å². The summed E-state index contributed by atoms with van der Waals surface area (Å²) in [5.74, 6) is 2.92. The van der Waals surface area contributed by atoms with E-state index in [-0.39, 0.29) is 0 Å². The first-order chi connectivity index (χ1) is 6.25. The van der Waals surface area contributed by atoms with Gasteiger partial charge in [-0.3, -0.25) is 0 Å². The largest absolute Gasteiger partial charge is 0.387 e. The maximum absolute atomic E-state index is 5.50. The maximum Gasteiger partial charge on any atom is 0.167 e. The molecule has 0 saturated carbocycles. The summed E-state index contributed by atoms with van der Waals surface area (Å²) in [4.78, 5) is 4.45. The van der Waals surface area contributed by atoms with Gasteiger partial charge in [-0.2, -0.15) is 11.8 Å². The molecule has 0 bridgehead atoms. The van der Waals surface area contributed by atoms with Crippen molar-refractivity contribution in [3.05, 3.63) is 18.2 Å². The summed E-state index contributed by atoms with van der Waals surface area (Å²) >= 11 is 6.76. The van der Waals surface area contributed by atoms with Gasteiger partial charge in [0.05, 0.1) is 0 Å². The number of nitrogens with zero attached hydrogens (tertiary/aromatic N) is 2. The van der Waals surface area contributed by atoms with E-state index in [1.165, 1.54) is 0 Å². The van der Waals surface area contributed by atoms with E-state index in [0.29, 0.717) is 10.8 Å². The van der Waals surface area contributed by atoms with Crippen LogP contribution in [-0.2, 0) is 6.54 Å². The van der Waals surface area contributed by atoms with Crippen molar-refractivity contribution >= 4 is 29.0 Å². The molecular formula is C8H13N3S2. The molecule has 5 heteroatoms. The second-order valence-corrected chi connectivity index (χ2v) is 4.34. The molecule has 0 fully saturated rings. The number of rotatable bonds is 5. The molecule has 1 aromatic rings. The van der Waals surface area contributed by atoms with Crippen LogP contribution in [0.1, 0.15) is 12.7 Å². The molecule has 0 unspecified atom stereocenters. The van der Waals surface area contributed by atoms with Gasteiger partial charge in [-0.25, -0.2) is 4.98 Å². The predicted molar refractivity (Wildman–Crippen MR) is 61.1 cm³/mol. The van der Waals surface area contributed by atoms with E-state index >= 15 is 0 Å². The minimum absolute atomic E-state index is 0.367. The smallest absolute Gasteiger partial charge is 0.167 e. The van der Waals surface area contributed by atoms with Crippen molar-refractivity contribution in [2.24, 2.45) is 5.73 Å². The summed E-state index contributed by atoms with van der Waals surface area (Å²) in [6.07, 6.45) is 3.63. The Morgan fingerprint density at radius 3 is 3.15 bits per heavy atom. The van der Waals surface area contributed by atoms with E-state index in [0.717, 1.165) is 18.1 Å². The molecule has 13 heavy (non-hydrogen) atoms. The molecule has 1 rings (SSSR count). The van der Waals surface area contributed by atoms with Crippen LogP contribution in [0, 0.1) is 0 Å². The van der Waals surface area contributed by atoms with Crippen LogP contribution >= 0.6 is 24.0 Å². The highest BCUT2D eigenvalue weighted by atomic mass is 32.2. The average molecular weight is 215 g/mol. The Balaban J connectivity index is 2.55. The second-order valence-electron chi connectivity index (χ2n) is 2.51. The van der Waals surface area contributed by atoms with Crippen molar-refractivity contribution in [2.75, 3.05) is 11.5 Å². The third kappa shape index (κ3) is 3.00. The van der Waals surface area contributed by atoms with E-state index in [9.17, 15) is 0 Å². The first-order valence-corrected chi connectivity index (χ1v) is 5.70. The van der Waals surface area contributed by atoms with Gasteiger partial charge in [0.2, 0.25) is 0 Å². The van der Waals surface area contributed by atoms with Gasteiger partial charge in [0.1, 0.15) is 4.99 Å². The molecule has 1 aromatic heterocycles. The highest BCUT2D eigenvalue weighted by molar-refractivity contribution is 7.99. The molecule has 0 aromatic carbocycles. The Labute approximate surface area is 87.7 Å². The average Bonchev–Trinajstić information content (AvgIpc) is 2.53. The van der Waals surface area contributed by atoms with Gasteiger partial charge in [-0.05, 0) is 5.75 Å². The van der Waals surface area contributed by atoms with Crippen molar-refractivity contribution in [3.8, 4) is 0 Å². The minimum atomic E-state index is 0.367. The third-order valence-electron chi connectivity index (χ3n) is 1.62. The van der Waals surface area contributed by atoms with E-state index in [4.69, 9.17) is 18.0 Å². The van der Waals surface area contributed by atoms with Gasteiger partial charge < -0.3 is 10.3 Å². The van der Waals surface area contributed by atoms with Crippen molar-refractivity contribution in [1.29, 1.82) is 0 Å². The van der Waals surface area contributed by atoms with Gasteiger partial charge in [-0.1, -0.05) is 19.1 Å². The van der Waals surface area contributed by atoms with Crippen molar-refractivity contribution in [1.82, 2.24) is 9.55 Å². The summed E-state index contributed by atoms with van der Waals surface area (Å²) in [6.45, 7) is 3.07. The molecule has 2 N–H and O–H groups in total. The Morgan fingerprint density at radius 1 is 1.77 bits per heavy atom. The summed E-state index contributed by atoms with van der Waals surface area (Å²) in [5, 5.41) is 0. The van der Waals surface area contributed by atoms with E-state index in [1.807, 2.05) is 22.5 Å². The molecule has 0 aliphatic rings. The monoisotopic (exact) mass is 215 g/mol. The highest BCUT2D eigenvalue weighted by Gasteiger charge is 2.03. The summed E-state index contributed by atoms with van der Waals surface area (Å²) in [7, 11) is 0.